The summed E-state index contributed by atoms with van der Waals surface area (Å²) in [6.45, 7) is 7.00. The van der Waals surface area contributed by atoms with E-state index in [-0.39, 0.29) is 26.0 Å². The van der Waals surface area contributed by atoms with Gasteiger partial charge in [0.15, 0.2) is 0 Å². The SMILES string of the molecule is [2H]CN(C[2H])[C@@H](CC(C)C)C(=O)N1CCN(c2ccccn2)CC1. The quantitative estimate of drug-likeness (QED) is 0.830. The van der Waals surface area contributed by atoms with Crippen LogP contribution in [0.1, 0.15) is 23.0 Å². The van der Waals surface area contributed by atoms with Gasteiger partial charge in [-0.2, -0.15) is 0 Å². The summed E-state index contributed by atoms with van der Waals surface area (Å²) in [7, 11) is -0.0267. The molecule has 0 bridgehead atoms. The number of carbonyl (C=O) groups excluding carboxylic acids is 1. The van der Waals surface area contributed by atoms with Gasteiger partial charge in [0.1, 0.15) is 5.82 Å². The first-order chi connectivity index (χ1) is 11.6. The zero-order valence-corrected chi connectivity index (χ0v) is 13.6. The Morgan fingerprint density at radius 3 is 2.59 bits per heavy atom. The van der Waals surface area contributed by atoms with E-state index in [1.54, 1.807) is 11.1 Å². The molecular formula is C17H28N4O. The molecule has 0 aromatic carbocycles. The fourth-order valence-corrected chi connectivity index (χ4v) is 2.76. The Balaban J connectivity index is 1.99. The van der Waals surface area contributed by atoms with Gasteiger partial charge in [-0.1, -0.05) is 19.9 Å². The summed E-state index contributed by atoms with van der Waals surface area (Å²) in [5.74, 6) is 1.36. The molecule has 0 N–H and O–H groups in total. The van der Waals surface area contributed by atoms with Crippen molar-refractivity contribution < 1.29 is 7.54 Å². The van der Waals surface area contributed by atoms with Gasteiger partial charge in [-0.25, -0.2) is 4.98 Å². The lowest BCUT2D eigenvalue weighted by Crippen LogP contribution is -2.54. The van der Waals surface area contributed by atoms with E-state index in [1.165, 1.54) is 0 Å². The molecule has 5 nitrogen and oxygen atoms in total. The highest BCUT2D eigenvalue weighted by atomic mass is 16.2. The minimum absolute atomic E-state index is 0.0134. The van der Waals surface area contributed by atoms with Gasteiger partial charge in [-0.3, -0.25) is 9.69 Å². The second-order valence-corrected chi connectivity index (χ2v) is 6.23. The number of aromatic nitrogens is 1. The first kappa shape index (κ1) is 14.0. The van der Waals surface area contributed by atoms with Crippen LogP contribution in [0.3, 0.4) is 0 Å². The molecule has 1 aliphatic rings. The van der Waals surface area contributed by atoms with Gasteiger partial charge < -0.3 is 9.80 Å². The number of rotatable bonds is 5. The zero-order valence-electron chi connectivity index (χ0n) is 15.6. The Labute approximate surface area is 136 Å². The van der Waals surface area contributed by atoms with Crippen LogP contribution in [-0.2, 0) is 4.79 Å². The predicted molar refractivity (Wildman–Crippen MR) is 90.0 cm³/mol. The Hall–Kier alpha value is -1.62. The summed E-state index contributed by atoms with van der Waals surface area (Å²) in [6, 6.07) is 5.50. The summed E-state index contributed by atoms with van der Waals surface area (Å²) < 4.78 is 15.2. The molecule has 2 rings (SSSR count). The fourth-order valence-electron chi connectivity index (χ4n) is 2.76. The summed E-state index contributed by atoms with van der Waals surface area (Å²) in [5.41, 5.74) is 0. The van der Waals surface area contributed by atoms with Crippen molar-refractivity contribution in [1.29, 1.82) is 0 Å². The Morgan fingerprint density at radius 1 is 1.32 bits per heavy atom. The third-order valence-corrected chi connectivity index (χ3v) is 3.99. The Morgan fingerprint density at radius 2 is 2.05 bits per heavy atom. The van der Waals surface area contributed by atoms with Crippen molar-refractivity contribution in [2.45, 2.75) is 26.3 Å². The molecule has 22 heavy (non-hydrogen) atoms. The number of pyridine rings is 1. The van der Waals surface area contributed by atoms with E-state index in [0.717, 1.165) is 18.9 Å². The zero-order chi connectivity index (χ0) is 17.5. The average molecular weight is 306 g/mol. The number of hydrogen-bond donors (Lipinski definition) is 0. The molecule has 2 heterocycles. The third-order valence-electron chi connectivity index (χ3n) is 3.99. The smallest absolute Gasteiger partial charge is 0.240 e. The lowest BCUT2D eigenvalue weighted by Gasteiger charge is -2.38. The molecule has 1 saturated heterocycles. The summed E-state index contributed by atoms with van der Waals surface area (Å²) in [4.78, 5) is 23.0. The maximum absolute atomic E-state index is 12.9. The maximum atomic E-state index is 12.9. The van der Waals surface area contributed by atoms with Crippen molar-refractivity contribution in [2.24, 2.45) is 5.92 Å². The fraction of sp³-hybridized carbons (Fsp3) is 0.647. The first-order valence-corrected chi connectivity index (χ1v) is 7.84. The van der Waals surface area contributed by atoms with Crippen LogP contribution in [0.15, 0.2) is 24.4 Å². The number of likely N-dealkylation sites (N-methyl/N-ethyl adjacent to an activating group) is 1. The molecule has 1 fully saturated rings. The van der Waals surface area contributed by atoms with Gasteiger partial charge in [0.2, 0.25) is 5.91 Å². The number of hydrogen-bond acceptors (Lipinski definition) is 4. The van der Waals surface area contributed by atoms with Crippen LogP contribution in [0.25, 0.3) is 0 Å². The van der Waals surface area contributed by atoms with Crippen molar-refractivity contribution >= 4 is 11.7 Å². The predicted octanol–water partition coefficient (Wildman–Crippen LogP) is 1.71. The van der Waals surface area contributed by atoms with Gasteiger partial charge in [0, 0.05) is 35.1 Å². The van der Waals surface area contributed by atoms with Crippen LogP contribution >= 0.6 is 0 Å². The van der Waals surface area contributed by atoms with Crippen LogP contribution < -0.4 is 4.90 Å². The molecule has 0 aliphatic carbocycles. The molecule has 0 saturated carbocycles. The first-order valence-electron chi connectivity index (χ1n) is 9.25. The lowest BCUT2D eigenvalue weighted by atomic mass is 10.0. The molecule has 122 valence electrons. The van der Waals surface area contributed by atoms with Gasteiger partial charge in [0.25, 0.3) is 0 Å². The largest absolute Gasteiger partial charge is 0.353 e. The molecule has 0 radical (unpaired) electrons. The highest BCUT2D eigenvalue weighted by Crippen LogP contribution is 2.16. The van der Waals surface area contributed by atoms with Crippen molar-refractivity contribution in [3.05, 3.63) is 24.4 Å². The van der Waals surface area contributed by atoms with Crippen molar-refractivity contribution in [2.75, 3.05) is 45.1 Å². The van der Waals surface area contributed by atoms with Crippen LogP contribution in [0.5, 0.6) is 0 Å². The minimum atomic E-state index is -0.360. The van der Waals surface area contributed by atoms with Crippen molar-refractivity contribution in [1.82, 2.24) is 14.8 Å². The molecule has 0 spiro atoms. The molecule has 1 aliphatic heterocycles. The summed E-state index contributed by atoms with van der Waals surface area (Å²) in [5, 5.41) is 0. The Bertz CT molecular complexity index is 503. The van der Waals surface area contributed by atoms with E-state index in [0.29, 0.717) is 25.4 Å². The van der Waals surface area contributed by atoms with E-state index in [2.05, 4.69) is 23.7 Å². The molecule has 5 heteroatoms. The summed E-state index contributed by atoms with van der Waals surface area (Å²) in [6.07, 6.45) is 2.48. The second kappa shape index (κ2) is 7.58. The van der Waals surface area contributed by atoms with Crippen LogP contribution in [0.4, 0.5) is 5.82 Å². The van der Waals surface area contributed by atoms with Crippen molar-refractivity contribution in [3.63, 3.8) is 0 Å². The number of amides is 1. The van der Waals surface area contributed by atoms with E-state index in [9.17, 15) is 4.79 Å². The maximum Gasteiger partial charge on any atom is 0.240 e. The summed E-state index contributed by atoms with van der Waals surface area (Å²) >= 11 is 0. The molecule has 1 aromatic rings. The Kier molecular flexibility index (Phi) is 4.83. The third kappa shape index (κ3) is 4.19. The molecule has 1 atom stereocenters. The average Bonchev–Trinajstić information content (AvgIpc) is 2.62. The van der Waals surface area contributed by atoms with Crippen LogP contribution in [-0.4, -0.2) is 67.0 Å². The number of nitrogens with zero attached hydrogens (tertiary/aromatic N) is 4. The topological polar surface area (TPSA) is 39.7 Å². The highest BCUT2D eigenvalue weighted by molar-refractivity contribution is 5.82. The minimum Gasteiger partial charge on any atom is -0.353 e. The van der Waals surface area contributed by atoms with Gasteiger partial charge in [-0.05, 0) is 38.5 Å². The van der Waals surface area contributed by atoms with E-state index >= 15 is 0 Å². The number of carbonyl (C=O) groups is 1. The van der Waals surface area contributed by atoms with Gasteiger partial charge in [0.05, 0.1) is 6.04 Å². The van der Waals surface area contributed by atoms with E-state index in [1.807, 2.05) is 23.1 Å². The monoisotopic (exact) mass is 306 g/mol. The highest BCUT2D eigenvalue weighted by Gasteiger charge is 2.29. The second-order valence-electron chi connectivity index (χ2n) is 6.23. The van der Waals surface area contributed by atoms with Gasteiger partial charge >= 0.3 is 0 Å². The normalized spacial score (nSPS) is 18.4. The van der Waals surface area contributed by atoms with E-state index in [4.69, 9.17) is 2.74 Å². The van der Waals surface area contributed by atoms with Crippen molar-refractivity contribution in [3.8, 4) is 0 Å². The molecule has 1 amide bonds. The molecule has 0 unspecified atom stereocenters. The number of piperazine rings is 1. The lowest BCUT2D eigenvalue weighted by molar-refractivity contribution is -0.137. The van der Waals surface area contributed by atoms with E-state index < -0.39 is 0 Å². The van der Waals surface area contributed by atoms with Crippen LogP contribution in [0.2, 0.25) is 0 Å². The number of anilines is 1. The molecular weight excluding hydrogens is 276 g/mol. The van der Waals surface area contributed by atoms with Gasteiger partial charge in [-0.15, -0.1) is 0 Å². The standard InChI is InChI=1S/C17H28N4O/c1-14(2)13-15(19(3)4)17(22)21-11-9-20(10-12-21)16-7-5-6-8-18-16/h5-8,14-15H,9-13H2,1-4H3/t15-/m0/s1/i3D,4D. The van der Waals surface area contributed by atoms with Crippen LogP contribution in [0, 0.1) is 5.92 Å². The molecule has 1 aromatic heterocycles.